The highest BCUT2D eigenvalue weighted by Crippen LogP contribution is 2.09. The Morgan fingerprint density at radius 1 is 1.33 bits per heavy atom. The Bertz CT molecular complexity index is 382. The van der Waals surface area contributed by atoms with Crippen LogP contribution in [0.15, 0.2) is 6.20 Å². The van der Waals surface area contributed by atoms with E-state index in [-0.39, 0.29) is 5.91 Å². The lowest BCUT2D eigenvalue weighted by Crippen LogP contribution is -2.36. The molecule has 1 rings (SSSR count). The number of carbonyl (C=O) groups is 1. The Kier molecular flexibility index (Phi) is 5.80. The SMILES string of the molecule is COCCN(CCOC)C(=O)c1cnn(C)c1C. The first-order valence-corrected chi connectivity index (χ1v) is 5.87. The summed E-state index contributed by atoms with van der Waals surface area (Å²) in [5, 5.41) is 4.09. The minimum Gasteiger partial charge on any atom is -0.383 e. The van der Waals surface area contributed by atoms with Gasteiger partial charge in [0.05, 0.1) is 25.0 Å². The molecule has 0 fully saturated rings. The summed E-state index contributed by atoms with van der Waals surface area (Å²) in [4.78, 5) is 14.1. The average molecular weight is 255 g/mol. The van der Waals surface area contributed by atoms with E-state index in [4.69, 9.17) is 9.47 Å². The summed E-state index contributed by atoms with van der Waals surface area (Å²) in [7, 11) is 5.06. The predicted molar refractivity (Wildman–Crippen MR) is 67.6 cm³/mol. The van der Waals surface area contributed by atoms with Crippen molar-refractivity contribution in [2.24, 2.45) is 7.05 Å². The van der Waals surface area contributed by atoms with Crippen LogP contribution in [0.25, 0.3) is 0 Å². The van der Waals surface area contributed by atoms with Gasteiger partial charge in [0, 0.05) is 40.1 Å². The molecule has 1 aromatic heterocycles. The molecule has 6 heteroatoms. The van der Waals surface area contributed by atoms with Crippen molar-refractivity contribution in [3.8, 4) is 0 Å². The minimum absolute atomic E-state index is 0.0327. The lowest BCUT2D eigenvalue weighted by atomic mass is 10.2. The van der Waals surface area contributed by atoms with Gasteiger partial charge in [-0.3, -0.25) is 9.48 Å². The number of rotatable bonds is 7. The summed E-state index contributed by atoms with van der Waals surface area (Å²) < 4.78 is 11.7. The Balaban J connectivity index is 2.77. The van der Waals surface area contributed by atoms with E-state index in [1.165, 1.54) is 0 Å². The van der Waals surface area contributed by atoms with Gasteiger partial charge in [0.15, 0.2) is 0 Å². The van der Waals surface area contributed by atoms with Crippen LogP contribution < -0.4 is 0 Å². The van der Waals surface area contributed by atoms with Crippen LogP contribution in [0, 0.1) is 6.92 Å². The maximum Gasteiger partial charge on any atom is 0.257 e. The van der Waals surface area contributed by atoms with Crippen molar-refractivity contribution < 1.29 is 14.3 Å². The van der Waals surface area contributed by atoms with Crippen LogP contribution >= 0.6 is 0 Å². The van der Waals surface area contributed by atoms with Crippen LogP contribution in [0.1, 0.15) is 16.1 Å². The largest absolute Gasteiger partial charge is 0.383 e. The molecule has 0 bridgehead atoms. The molecule has 0 saturated heterocycles. The summed E-state index contributed by atoms with van der Waals surface area (Å²) in [6, 6.07) is 0. The first-order valence-electron chi connectivity index (χ1n) is 5.87. The van der Waals surface area contributed by atoms with Gasteiger partial charge in [0.2, 0.25) is 0 Å². The third kappa shape index (κ3) is 3.54. The molecule has 0 atom stereocenters. The van der Waals surface area contributed by atoms with Gasteiger partial charge in [0.1, 0.15) is 0 Å². The molecule has 1 heterocycles. The number of carbonyl (C=O) groups excluding carboxylic acids is 1. The second-order valence-electron chi connectivity index (χ2n) is 4.05. The van der Waals surface area contributed by atoms with Gasteiger partial charge >= 0.3 is 0 Å². The van der Waals surface area contributed by atoms with Crippen LogP contribution in [-0.4, -0.2) is 61.1 Å². The van der Waals surface area contributed by atoms with Crippen LogP contribution in [-0.2, 0) is 16.5 Å². The highest BCUT2D eigenvalue weighted by atomic mass is 16.5. The number of methoxy groups -OCH3 is 2. The van der Waals surface area contributed by atoms with E-state index < -0.39 is 0 Å². The standard InChI is InChI=1S/C12H21N3O3/c1-10-11(9-13-14(10)2)12(16)15(5-7-17-3)6-8-18-4/h9H,5-8H2,1-4H3. The van der Waals surface area contributed by atoms with Gasteiger partial charge in [0.25, 0.3) is 5.91 Å². The Hall–Kier alpha value is -1.40. The van der Waals surface area contributed by atoms with Crippen molar-refractivity contribution in [3.05, 3.63) is 17.5 Å². The molecule has 0 aliphatic rings. The van der Waals surface area contributed by atoms with Gasteiger partial charge in [-0.25, -0.2) is 0 Å². The number of aryl methyl sites for hydroxylation is 1. The number of ether oxygens (including phenoxy) is 2. The van der Waals surface area contributed by atoms with Gasteiger partial charge in [-0.2, -0.15) is 5.10 Å². The number of nitrogens with zero attached hydrogens (tertiary/aromatic N) is 3. The van der Waals surface area contributed by atoms with E-state index >= 15 is 0 Å². The summed E-state index contributed by atoms with van der Waals surface area (Å²) in [6.45, 7) is 3.99. The highest BCUT2D eigenvalue weighted by Gasteiger charge is 2.19. The zero-order valence-electron chi connectivity index (χ0n) is 11.5. The zero-order chi connectivity index (χ0) is 13.5. The molecule has 0 unspecified atom stereocenters. The molecule has 0 N–H and O–H groups in total. The molecule has 0 aromatic carbocycles. The molecular weight excluding hydrogens is 234 g/mol. The van der Waals surface area contributed by atoms with Gasteiger partial charge < -0.3 is 14.4 Å². The van der Waals surface area contributed by atoms with Crippen LogP contribution in [0.3, 0.4) is 0 Å². The molecule has 0 aliphatic heterocycles. The summed E-state index contributed by atoms with van der Waals surface area (Å²) in [5.41, 5.74) is 1.49. The number of aromatic nitrogens is 2. The first-order chi connectivity index (χ1) is 8.61. The smallest absolute Gasteiger partial charge is 0.257 e. The van der Waals surface area contributed by atoms with Gasteiger partial charge in [-0.15, -0.1) is 0 Å². The second-order valence-corrected chi connectivity index (χ2v) is 4.05. The maximum atomic E-state index is 12.4. The third-order valence-electron chi connectivity index (χ3n) is 2.88. The lowest BCUT2D eigenvalue weighted by Gasteiger charge is -2.21. The quantitative estimate of drug-likeness (QED) is 0.710. The zero-order valence-corrected chi connectivity index (χ0v) is 11.5. The second kappa shape index (κ2) is 7.13. The molecule has 0 spiro atoms. The minimum atomic E-state index is -0.0327. The molecule has 0 aliphatic carbocycles. The van der Waals surface area contributed by atoms with Crippen molar-refractivity contribution >= 4 is 5.91 Å². The van der Waals surface area contributed by atoms with Crippen molar-refractivity contribution in [1.82, 2.24) is 14.7 Å². The normalized spacial score (nSPS) is 10.7. The maximum absolute atomic E-state index is 12.4. The van der Waals surface area contributed by atoms with Gasteiger partial charge in [-0.05, 0) is 6.92 Å². The van der Waals surface area contributed by atoms with Gasteiger partial charge in [-0.1, -0.05) is 0 Å². The highest BCUT2D eigenvalue weighted by molar-refractivity contribution is 5.95. The van der Waals surface area contributed by atoms with Crippen molar-refractivity contribution in [2.45, 2.75) is 6.92 Å². The van der Waals surface area contributed by atoms with E-state index in [1.807, 2.05) is 14.0 Å². The molecule has 6 nitrogen and oxygen atoms in total. The van der Waals surface area contributed by atoms with E-state index in [1.54, 1.807) is 30.0 Å². The van der Waals surface area contributed by atoms with Crippen LogP contribution in [0.2, 0.25) is 0 Å². The summed E-state index contributed by atoms with van der Waals surface area (Å²) >= 11 is 0. The lowest BCUT2D eigenvalue weighted by molar-refractivity contribution is 0.0626. The molecule has 18 heavy (non-hydrogen) atoms. The summed E-state index contributed by atoms with van der Waals surface area (Å²) in [5.74, 6) is -0.0327. The first kappa shape index (κ1) is 14.7. The third-order valence-corrected chi connectivity index (χ3v) is 2.88. The monoisotopic (exact) mass is 255 g/mol. The molecule has 102 valence electrons. The fourth-order valence-electron chi connectivity index (χ4n) is 1.60. The Labute approximate surface area is 107 Å². The fourth-order valence-corrected chi connectivity index (χ4v) is 1.60. The molecule has 1 amide bonds. The van der Waals surface area contributed by atoms with Crippen molar-refractivity contribution in [2.75, 3.05) is 40.5 Å². The number of hydrogen-bond donors (Lipinski definition) is 0. The van der Waals surface area contributed by atoms with E-state index in [0.29, 0.717) is 31.9 Å². The Morgan fingerprint density at radius 3 is 2.28 bits per heavy atom. The van der Waals surface area contributed by atoms with Crippen molar-refractivity contribution in [3.63, 3.8) is 0 Å². The van der Waals surface area contributed by atoms with E-state index in [2.05, 4.69) is 5.10 Å². The fraction of sp³-hybridized carbons (Fsp3) is 0.667. The number of amides is 1. The van der Waals surface area contributed by atoms with Crippen LogP contribution in [0.4, 0.5) is 0 Å². The molecule has 1 aromatic rings. The van der Waals surface area contributed by atoms with Crippen molar-refractivity contribution in [1.29, 1.82) is 0 Å². The summed E-state index contributed by atoms with van der Waals surface area (Å²) in [6.07, 6.45) is 1.60. The average Bonchev–Trinajstić information content (AvgIpc) is 2.69. The Morgan fingerprint density at radius 2 is 1.89 bits per heavy atom. The van der Waals surface area contributed by atoms with E-state index in [9.17, 15) is 4.79 Å². The van der Waals surface area contributed by atoms with E-state index in [0.717, 1.165) is 5.69 Å². The van der Waals surface area contributed by atoms with Crippen LogP contribution in [0.5, 0.6) is 0 Å². The molecule has 0 saturated carbocycles. The molecular formula is C12H21N3O3. The number of hydrogen-bond acceptors (Lipinski definition) is 4. The topological polar surface area (TPSA) is 56.6 Å². The molecule has 0 radical (unpaired) electrons. The predicted octanol–water partition coefficient (Wildman–Crippen LogP) is 0.464.